The average molecular weight is 675 g/mol. The highest BCUT2D eigenvalue weighted by Crippen LogP contribution is 2.14. The third kappa shape index (κ3) is 30.2. The summed E-state index contributed by atoms with van der Waals surface area (Å²) in [5, 5.41) is 22.5. The molecule has 274 valence electrons. The van der Waals surface area contributed by atoms with Gasteiger partial charge < -0.3 is 25.6 Å². The Balaban J connectivity index is 4.38. The highest BCUT2D eigenvalue weighted by Gasteiger charge is 2.18. The molecule has 0 aromatic heterocycles. The van der Waals surface area contributed by atoms with Gasteiger partial charge in [0, 0.05) is 12.8 Å². The zero-order valence-electron chi connectivity index (χ0n) is 30.0. The molecule has 9 heteroatoms. The number of unbranched alkanes of at least 4 members (excludes halogenated alkanes) is 12. The van der Waals surface area contributed by atoms with Crippen molar-refractivity contribution in [3.8, 4) is 0 Å². The second kappa shape index (κ2) is 33.7. The highest BCUT2D eigenvalue weighted by atomic mass is 16.5. The summed E-state index contributed by atoms with van der Waals surface area (Å²) in [6, 6.07) is -1.39. The number of carbonyl (C=O) groups excluding carboxylic acids is 3. The molecule has 0 radical (unpaired) electrons. The maximum Gasteiger partial charge on any atom is 0.328 e. The van der Waals surface area contributed by atoms with Gasteiger partial charge in [-0.15, -0.1) is 0 Å². The van der Waals surface area contributed by atoms with Gasteiger partial charge in [-0.2, -0.15) is 0 Å². The number of aliphatic hydroxyl groups excluding tert-OH is 1. The Labute approximate surface area is 290 Å². The third-order valence-electron chi connectivity index (χ3n) is 7.76. The fraction of sp³-hybridized carbons (Fsp3) is 0.692. The first kappa shape index (κ1) is 44.8. The van der Waals surface area contributed by atoms with Crippen LogP contribution in [-0.2, 0) is 23.9 Å². The predicted molar refractivity (Wildman–Crippen MR) is 194 cm³/mol. The molecule has 48 heavy (non-hydrogen) atoms. The molecule has 4 N–H and O–H groups in total. The van der Waals surface area contributed by atoms with Crippen LogP contribution in [0.15, 0.2) is 48.6 Å². The van der Waals surface area contributed by atoms with Crippen LogP contribution in [0.3, 0.4) is 0 Å². The van der Waals surface area contributed by atoms with E-state index in [0.717, 1.165) is 77.0 Å². The van der Waals surface area contributed by atoms with Crippen LogP contribution in [0.1, 0.15) is 149 Å². The average Bonchev–Trinajstić information content (AvgIpc) is 3.07. The number of amides is 2. The largest absolute Gasteiger partial charge is 0.480 e. The molecule has 0 aromatic rings. The third-order valence-corrected chi connectivity index (χ3v) is 7.76. The van der Waals surface area contributed by atoms with Crippen molar-refractivity contribution in [2.24, 2.45) is 0 Å². The molecule has 2 atom stereocenters. The van der Waals surface area contributed by atoms with E-state index in [-0.39, 0.29) is 30.9 Å². The molecule has 0 aliphatic heterocycles. The number of carboxylic acid groups (broad SMARTS) is 1. The number of aliphatic hydroxyl groups is 1. The number of rotatable bonds is 32. The number of hydrogen-bond acceptors (Lipinski definition) is 6. The maximum absolute atomic E-state index is 12.6. The van der Waals surface area contributed by atoms with Crippen LogP contribution in [0, 0.1) is 0 Å². The molecule has 0 rings (SSSR count). The summed E-state index contributed by atoms with van der Waals surface area (Å²) in [5.41, 5.74) is 0. The fourth-order valence-electron chi connectivity index (χ4n) is 4.88. The van der Waals surface area contributed by atoms with E-state index in [0.29, 0.717) is 12.8 Å². The van der Waals surface area contributed by atoms with Gasteiger partial charge in [0.1, 0.15) is 12.1 Å². The van der Waals surface area contributed by atoms with Crippen LogP contribution in [0.2, 0.25) is 0 Å². The molecule has 0 aliphatic carbocycles. The lowest BCUT2D eigenvalue weighted by Crippen LogP contribution is -2.47. The Hall–Kier alpha value is -3.20. The Morgan fingerprint density at radius 1 is 0.646 bits per heavy atom. The van der Waals surface area contributed by atoms with E-state index < -0.39 is 24.5 Å². The van der Waals surface area contributed by atoms with E-state index in [2.05, 4.69) is 67.0 Å². The van der Waals surface area contributed by atoms with Crippen molar-refractivity contribution in [3.63, 3.8) is 0 Å². The molecular formula is C39H66N2O7. The number of aliphatic carboxylic acids is 1. The number of allylic oxidation sites excluding steroid dienone is 7. The fourth-order valence-corrected chi connectivity index (χ4v) is 4.88. The lowest BCUT2D eigenvalue weighted by atomic mass is 10.1. The number of carboxylic acids is 1. The van der Waals surface area contributed by atoms with Crippen molar-refractivity contribution in [2.45, 2.75) is 161 Å². The Morgan fingerprint density at radius 2 is 1.23 bits per heavy atom. The van der Waals surface area contributed by atoms with Crippen LogP contribution in [0.5, 0.6) is 0 Å². The van der Waals surface area contributed by atoms with Gasteiger partial charge in [0.2, 0.25) is 11.8 Å². The first-order valence-corrected chi connectivity index (χ1v) is 18.5. The van der Waals surface area contributed by atoms with Crippen molar-refractivity contribution < 1.29 is 34.1 Å². The second-order valence-corrected chi connectivity index (χ2v) is 12.3. The molecular weight excluding hydrogens is 608 g/mol. The number of nitrogens with one attached hydrogen (secondary N) is 2. The Bertz CT molecular complexity index is 958. The van der Waals surface area contributed by atoms with Gasteiger partial charge in [0.05, 0.1) is 13.2 Å². The quantitative estimate of drug-likeness (QED) is 0.0321. The van der Waals surface area contributed by atoms with E-state index in [4.69, 9.17) is 14.9 Å². The first-order chi connectivity index (χ1) is 23.3. The predicted octanol–water partition coefficient (Wildman–Crippen LogP) is 8.03. The van der Waals surface area contributed by atoms with Crippen LogP contribution in [0.25, 0.3) is 0 Å². The molecule has 9 nitrogen and oxygen atoms in total. The Morgan fingerprint density at radius 3 is 1.88 bits per heavy atom. The summed E-state index contributed by atoms with van der Waals surface area (Å²) in [6.45, 7) is 3.32. The number of carbonyl (C=O) groups is 4. The van der Waals surface area contributed by atoms with E-state index >= 15 is 0 Å². The maximum atomic E-state index is 12.6. The molecule has 0 bridgehead atoms. The van der Waals surface area contributed by atoms with Crippen molar-refractivity contribution in [2.75, 3.05) is 13.2 Å². The highest BCUT2D eigenvalue weighted by molar-refractivity contribution is 5.87. The molecule has 0 saturated heterocycles. The smallest absolute Gasteiger partial charge is 0.328 e. The molecule has 0 fully saturated rings. The van der Waals surface area contributed by atoms with Crippen molar-refractivity contribution in [3.05, 3.63) is 48.6 Å². The van der Waals surface area contributed by atoms with Crippen molar-refractivity contribution in [1.29, 1.82) is 0 Å². The summed E-state index contributed by atoms with van der Waals surface area (Å²) in [4.78, 5) is 47.3. The van der Waals surface area contributed by atoms with Gasteiger partial charge in [-0.05, 0) is 76.7 Å². The number of ether oxygens (including phenoxy) is 1. The zero-order valence-corrected chi connectivity index (χ0v) is 30.0. The molecule has 0 spiro atoms. The Kier molecular flexibility index (Phi) is 31.4. The van der Waals surface area contributed by atoms with E-state index in [9.17, 15) is 19.2 Å². The van der Waals surface area contributed by atoms with Gasteiger partial charge in [0.25, 0.3) is 0 Å². The summed E-state index contributed by atoms with van der Waals surface area (Å²) < 4.78 is 5.85. The van der Waals surface area contributed by atoms with Gasteiger partial charge in [-0.1, -0.05) is 108 Å². The van der Waals surface area contributed by atoms with Crippen LogP contribution >= 0.6 is 0 Å². The minimum atomic E-state index is -1.39. The summed E-state index contributed by atoms with van der Waals surface area (Å²) in [7, 11) is 0. The number of hydrogen-bond donors (Lipinski definition) is 4. The van der Waals surface area contributed by atoms with Crippen LogP contribution < -0.4 is 10.6 Å². The van der Waals surface area contributed by atoms with Gasteiger partial charge in [-0.25, -0.2) is 4.79 Å². The molecule has 2 amide bonds. The van der Waals surface area contributed by atoms with Crippen LogP contribution in [-0.4, -0.2) is 59.3 Å². The monoisotopic (exact) mass is 674 g/mol. The molecule has 2 unspecified atom stereocenters. The van der Waals surface area contributed by atoms with E-state index in [1.165, 1.54) is 38.5 Å². The topological polar surface area (TPSA) is 142 Å². The minimum absolute atomic E-state index is 0.145. The SMILES string of the molecule is CCC/C=C\C/C=C\CCCCCCCC(=O)OC(/C=C\C/C=C\CCCCC)CCCCCCC(=O)NCC(=O)NC(CO)C(=O)O. The van der Waals surface area contributed by atoms with Gasteiger partial charge >= 0.3 is 11.9 Å². The molecule has 0 heterocycles. The second-order valence-electron chi connectivity index (χ2n) is 12.3. The van der Waals surface area contributed by atoms with Gasteiger partial charge in [-0.3, -0.25) is 14.4 Å². The van der Waals surface area contributed by atoms with Gasteiger partial charge in [0.15, 0.2) is 0 Å². The summed E-state index contributed by atoms with van der Waals surface area (Å²) in [6.07, 6.45) is 37.2. The lowest BCUT2D eigenvalue weighted by molar-refractivity contribution is -0.147. The molecule has 0 aliphatic rings. The number of esters is 1. The van der Waals surface area contributed by atoms with Crippen molar-refractivity contribution >= 4 is 23.8 Å². The van der Waals surface area contributed by atoms with Crippen LogP contribution in [0.4, 0.5) is 0 Å². The normalized spacial score (nSPS) is 13.1. The van der Waals surface area contributed by atoms with Crippen molar-refractivity contribution in [1.82, 2.24) is 10.6 Å². The lowest BCUT2D eigenvalue weighted by Gasteiger charge is -2.15. The molecule has 0 aromatic carbocycles. The first-order valence-electron chi connectivity index (χ1n) is 18.5. The van der Waals surface area contributed by atoms with E-state index in [1.54, 1.807) is 0 Å². The minimum Gasteiger partial charge on any atom is -0.480 e. The summed E-state index contributed by atoms with van der Waals surface area (Å²) in [5.74, 6) is -2.45. The summed E-state index contributed by atoms with van der Waals surface area (Å²) >= 11 is 0. The molecule has 0 saturated carbocycles. The standard InChI is InChI=1S/C39H66N2O7/c1-3-5-7-9-11-13-14-15-16-17-19-21-27-31-38(45)48-34(28-24-20-18-12-10-8-6-4-2)29-25-22-23-26-30-36(43)40-32-37(44)41-35(33-42)39(46)47/h7,9,12-14,18,24,28,34-35,42H,3-6,8,10-11,15-17,19-23,25-27,29-33H2,1-2H3,(H,40,43)(H,41,44)(H,46,47)/b9-7-,14-13-,18-12-,28-24-. The van der Waals surface area contributed by atoms with E-state index in [1.807, 2.05) is 6.08 Å². The zero-order chi connectivity index (χ0) is 35.5.